The average Bonchev–Trinajstić information content (AvgIpc) is 3.39. The zero-order chi connectivity index (χ0) is 17.4. The van der Waals surface area contributed by atoms with E-state index in [1.54, 1.807) is 4.90 Å². The van der Waals surface area contributed by atoms with Gasteiger partial charge < -0.3 is 14.4 Å². The van der Waals surface area contributed by atoms with Gasteiger partial charge in [-0.3, -0.25) is 9.59 Å². The molecule has 0 saturated carbocycles. The Bertz CT molecular complexity index is 514. The predicted octanol–water partition coefficient (Wildman–Crippen LogP) is 1.91. The average molecular weight is 335 g/mol. The van der Waals surface area contributed by atoms with E-state index in [1.165, 1.54) is 7.11 Å². The molecule has 0 aromatic carbocycles. The van der Waals surface area contributed by atoms with Crippen LogP contribution in [0.4, 0.5) is 0 Å². The van der Waals surface area contributed by atoms with Crippen molar-refractivity contribution in [3.8, 4) is 12.3 Å². The van der Waals surface area contributed by atoms with Gasteiger partial charge in [-0.25, -0.2) is 0 Å². The summed E-state index contributed by atoms with van der Waals surface area (Å²) in [5.41, 5.74) is -0.453. The van der Waals surface area contributed by atoms with E-state index in [2.05, 4.69) is 20.9 Å². The smallest absolute Gasteiger partial charge is 0.307 e. The van der Waals surface area contributed by atoms with Crippen molar-refractivity contribution in [3.05, 3.63) is 0 Å². The SMILES string of the molecule is C#CCCC1(CCC(=O)N(CCC(=O)OC)C2CCOCC2)N=N1. The maximum Gasteiger partial charge on any atom is 0.307 e. The molecule has 7 nitrogen and oxygen atoms in total. The number of amides is 1. The maximum atomic E-state index is 12.7. The van der Waals surface area contributed by atoms with Crippen LogP contribution in [0.2, 0.25) is 0 Å². The first-order valence-corrected chi connectivity index (χ1v) is 8.42. The molecule has 0 spiro atoms. The third kappa shape index (κ3) is 5.31. The van der Waals surface area contributed by atoms with Crippen LogP contribution >= 0.6 is 0 Å². The van der Waals surface area contributed by atoms with Crippen molar-refractivity contribution >= 4 is 11.9 Å². The summed E-state index contributed by atoms with van der Waals surface area (Å²) >= 11 is 0. The topological polar surface area (TPSA) is 80.6 Å². The van der Waals surface area contributed by atoms with E-state index in [-0.39, 0.29) is 24.3 Å². The molecule has 2 aliphatic heterocycles. The van der Waals surface area contributed by atoms with Gasteiger partial charge in [0.2, 0.25) is 5.91 Å². The summed E-state index contributed by atoms with van der Waals surface area (Å²) in [5.74, 6) is 2.31. The third-order valence-corrected chi connectivity index (χ3v) is 4.53. The quantitative estimate of drug-likeness (QED) is 0.476. The summed E-state index contributed by atoms with van der Waals surface area (Å²) in [5, 5.41) is 8.13. The number of ether oxygens (including phenoxy) is 2. The summed E-state index contributed by atoms with van der Waals surface area (Å²) in [4.78, 5) is 25.9. The molecule has 0 atom stereocenters. The lowest BCUT2D eigenvalue weighted by molar-refractivity contribution is -0.143. The van der Waals surface area contributed by atoms with Gasteiger partial charge in [0.05, 0.1) is 13.5 Å². The zero-order valence-corrected chi connectivity index (χ0v) is 14.2. The number of methoxy groups -OCH3 is 1. The van der Waals surface area contributed by atoms with E-state index in [0.29, 0.717) is 45.4 Å². The molecule has 0 N–H and O–H groups in total. The minimum Gasteiger partial charge on any atom is -0.469 e. The zero-order valence-electron chi connectivity index (χ0n) is 14.2. The van der Waals surface area contributed by atoms with Crippen LogP contribution in [-0.4, -0.2) is 55.3 Å². The van der Waals surface area contributed by atoms with E-state index >= 15 is 0 Å². The molecule has 0 unspecified atom stereocenters. The largest absolute Gasteiger partial charge is 0.469 e. The van der Waals surface area contributed by atoms with Gasteiger partial charge in [-0.2, -0.15) is 10.2 Å². The molecule has 0 radical (unpaired) electrons. The molecule has 1 amide bonds. The predicted molar refractivity (Wildman–Crippen MR) is 87.1 cm³/mol. The molecule has 0 aromatic heterocycles. The summed E-state index contributed by atoms with van der Waals surface area (Å²) < 4.78 is 10.1. The standard InChI is InChI=1S/C17H25N3O4/c1-3-4-9-17(18-19-17)10-5-15(21)20(11-6-16(22)23-2)14-7-12-24-13-8-14/h1,14H,4-13H2,2H3. The lowest BCUT2D eigenvalue weighted by Gasteiger charge is -2.34. The number of carbonyl (C=O) groups is 2. The highest BCUT2D eigenvalue weighted by molar-refractivity contribution is 5.77. The first kappa shape index (κ1) is 18.4. The van der Waals surface area contributed by atoms with Gasteiger partial charge in [0.25, 0.3) is 0 Å². The molecule has 7 heteroatoms. The number of esters is 1. The van der Waals surface area contributed by atoms with Crippen molar-refractivity contribution in [1.29, 1.82) is 0 Å². The van der Waals surface area contributed by atoms with Gasteiger partial charge in [-0.15, -0.1) is 12.3 Å². The van der Waals surface area contributed by atoms with E-state index in [9.17, 15) is 9.59 Å². The van der Waals surface area contributed by atoms with Crippen LogP contribution in [-0.2, 0) is 19.1 Å². The first-order chi connectivity index (χ1) is 11.6. The Morgan fingerprint density at radius 1 is 1.29 bits per heavy atom. The number of hydrogen-bond donors (Lipinski definition) is 0. The molecule has 2 heterocycles. The summed E-state index contributed by atoms with van der Waals surface area (Å²) in [7, 11) is 1.36. The number of rotatable bonds is 9. The van der Waals surface area contributed by atoms with Gasteiger partial charge in [-0.05, 0) is 12.8 Å². The molecule has 24 heavy (non-hydrogen) atoms. The Hall–Kier alpha value is -1.94. The van der Waals surface area contributed by atoms with Gasteiger partial charge in [0, 0.05) is 51.5 Å². The molecule has 2 rings (SSSR count). The molecule has 0 bridgehead atoms. The van der Waals surface area contributed by atoms with Crippen molar-refractivity contribution in [1.82, 2.24) is 4.90 Å². The molecule has 0 aliphatic carbocycles. The van der Waals surface area contributed by atoms with Crippen molar-refractivity contribution in [2.75, 3.05) is 26.9 Å². The highest BCUT2D eigenvalue weighted by Crippen LogP contribution is 2.37. The van der Waals surface area contributed by atoms with Gasteiger partial charge in [0.15, 0.2) is 5.66 Å². The number of nitrogens with zero attached hydrogens (tertiary/aromatic N) is 3. The Kier molecular flexibility index (Phi) is 6.73. The molecular weight excluding hydrogens is 310 g/mol. The lowest BCUT2D eigenvalue weighted by Crippen LogP contribution is -2.44. The van der Waals surface area contributed by atoms with E-state index < -0.39 is 5.66 Å². The molecule has 2 aliphatic rings. The molecule has 0 aromatic rings. The van der Waals surface area contributed by atoms with Crippen molar-refractivity contribution < 1.29 is 19.1 Å². The van der Waals surface area contributed by atoms with E-state index in [4.69, 9.17) is 11.2 Å². The molecule has 1 saturated heterocycles. The Morgan fingerprint density at radius 2 is 2.00 bits per heavy atom. The monoisotopic (exact) mass is 335 g/mol. The maximum absolute atomic E-state index is 12.7. The van der Waals surface area contributed by atoms with Crippen LogP contribution in [0.5, 0.6) is 0 Å². The van der Waals surface area contributed by atoms with Crippen LogP contribution in [0.15, 0.2) is 10.2 Å². The van der Waals surface area contributed by atoms with E-state index in [0.717, 1.165) is 12.8 Å². The fraction of sp³-hybridized carbons (Fsp3) is 0.765. The van der Waals surface area contributed by atoms with Crippen LogP contribution in [0.1, 0.15) is 44.9 Å². The van der Waals surface area contributed by atoms with Gasteiger partial charge >= 0.3 is 5.97 Å². The second-order valence-corrected chi connectivity index (χ2v) is 6.14. The van der Waals surface area contributed by atoms with Crippen LogP contribution in [0.25, 0.3) is 0 Å². The highest BCUT2D eigenvalue weighted by Gasteiger charge is 2.40. The minimum atomic E-state index is -0.453. The highest BCUT2D eigenvalue weighted by atomic mass is 16.5. The van der Waals surface area contributed by atoms with Crippen LogP contribution < -0.4 is 0 Å². The first-order valence-electron chi connectivity index (χ1n) is 8.42. The minimum absolute atomic E-state index is 0.0307. The van der Waals surface area contributed by atoms with Crippen LogP contribution in [0.3, 0.4) is 0 Å². The Balaban J connectivity index is 1.88. The molecule has 1 fully saturated rings. The van der Waals surface area contributed by atoms with Crippen molar-refractivity contribution in [3.63, 3.8) is 0 Å². The third-order valence-electron chi connectivity index (χ3n) is 4.53. The van der Waals surface area contributed by atoms with Gasteiger partial charge in [0.1, 0.15) is 0 Å². The summed E-state index contributed by atoms with van der Waals surface area (Å²) in [6.07, 6.45) is 9.31. The lowest BCUT2D eigenvalue weighted by atomic mass is 10.0. The normalized spacial score (nSPS) is 18.7. The van der Waals surface area contributed by atoms with Crippen molar-refractivity contribution in [2.45, 2.75) is 56.7 Å². The fourth-order valence-electron chi connectivity index (χ4n) is 2.94. The summed E-state index contributed by atoms with van der Waals surface area (Å²) in [6.45, 7) is 1.66. The number of carbonyl (C=O) groups excluding carboxylic acids is 2. The summed E-state index contributed by atoms with van der Waals surface area (Å²) in [6, 6.07) is 0.116. The number of hydrogen-bond acceptors (Lipinski definition) is 6. The number of terminal acetylenes is 1. The second-order valence-electron chi connectivity index (χ2n) is 6.14. The van der Waals surface area contributed by atoms with Crippen LogP contribution in [0, 0.1) is 12.3 Å². The molecule has 132 valence electrons. The Labute approximate surface area is 142 Å². The second kappa shape index (κ2) is 8.78. The molecular formula is C17H25N3O4. The van der Waals surface area contributed by atoms with Gasteiger partial charge in [-0.1, -0.05) is 0 Å². The Morgan fingerprint density at radius 3 is 2.58 bits per heavy atom. The van der Waals surface area contributed by atoms with E-state index in [1.807, 2.05) is 0 Å². The van der Waals surface area contributed by atoms with Crippen molar-refractivity contribution in [2.24, 2.45) is 10.2 Å². The fourth-order valence-corrected chi connectivity index (χ4v) is 2.94.